The van der Waals surface area contributed by atoms with Crippen LogP contribution < -0.4 is 5.32 Å². The summed E-state index contributed by atoms with van der Waals surface area (Å²) in [5.74, 6) is -3.05. The molecular formula is C14H17NO4. The smallest absolute Gasteiger partial charge is 0.321 e. The van der Waals surface area contributed by atoms with Crippen LogP contribution in [0.3, 0.4) is 0 Å². The van der Waals surface area contributed by atoms with Gasteiger partial charge in [0.05, 0.1) is 5.92 Å². The van der Waals surface area contributed by atoms with Gasteiger partial charge in [0, 0.05) is 6.04 Å². The van der Waals surface area contributed by atoms with Gasteiger partial charge in [-0.15, -0.1) is 0 Å². The molecule has 0 spiro atoms. The number of aliphatic carboxylic acids is 2. The van der Waals surface area contributed by atoms with E-state index in [0.717, 1.165) is 5.56 Å². The van der Waals surface area contributed by atoms with Gasteiger partial charge in [-0.25, -0.2) is 0 Å². The SMILES string of the molecule is CCC1C(C(=O)O)NC(c2ccccc2)C1C(=O)O. The molecule has 1 heterocycles. The predicted octanol–water partition coefficient (Wildman–Crippen LogP) is 1.51. The van der Waals surface area contributed by atoms with Crippen LogP contribution in [-0.4, -0.2) is 28.2 Å². The highest BCUT2D eigenvalue weighted by Crippen LogP contribution is 2.39. The number of benzene rings is 1. The van der Waals surface area contributed by atoms with Gasteiger partial charge in [0.25, 0.3) is 0 Å². The first kappa shape index (κ1) is 13.5. The molecule has 19 heavy (non-hydrogen) atoms. The van der Waals surface area contributed by atoms with Crippen molar-refractivity contribution in [3.63, 3.8) is 0 Å². The zero-order chi connectivity index (χ0) is 14.0. The van der Waals surface area contributed by atoms with E-state index in [1.165, 1.54) is 0 Å². The minimum absolute atomic E-state index is 0.403. The number of hydrogen-bond acceptors (Lipinski definition) is 3. The quantitative estimate of drug-likeness (QED) is 0.766. The van der Waals surface area contributed by atoms with Crippen LogP contribution in [0.2, 0.25) is 0 Å². The van der Waals surface area contributed by atoms with Gasteiger partial charge < -0.3 is 10.2 Å². The summed E-state index contributed by atoms with van der Waals surface area (Å²) >= 11 is 0. The molecule has 4 unspecified atom stereocenters. The Morgan fingerprint density at radius 1 is 1.16 bits per heavy atom. The number of carbonyl (C=O) groups is 2. The van der Waals surface area contributed by atoms with Gasteiger partial charge >= 0.3 is 11.9 Å². The highest BCUT2D eigenvalue weighted by molar-refractivity contribution is 5.79. The fourth-order valence-corrected chi connectivity index (χ4v) is 2.91. The van der Waals surface area contributed by atoms with Crippen LogP contribution >= 0.6 is 0 Å². The minimum Gasteiger partial charge on any atom is -0.481 e. The van der Waals surface area contributed by atoms with Gasteiger partial charge in [-0.3, -0.25) is 14.9 Å². The topological polar surface area (TPSA) is 86.6 Å². The first-order valence-corrected chi connectivity index (χ1v) is 6.32. The molecule has 2 rings (SSSR count). The molecule has 102 valence electrons. The Bertz CT molecular complexity index is 474. The van der Waals surface area contributed by atoms with E-state index in [-0.39, 0.29) is 0 Å². The standard InChI is InChI=1S/C14H17NO4/c1-2-9-10(13(16)17)11(15-12(9)14(18)19)8-6-4-3-5-7-8/h3-7,9-12,15H,2H2,1H3,(H,16,17)(H,18,19). The fraction of sp³-hybridized carbons (Fsp3) is 0.429. The molecule has 1 fully saturated rings. The molecule has 0 aromatic heterocycles. The molecule has 1 aliphatic rings. The summed E-state index contributed by atoms with van der Waals surface area (Å²) in [6, 6.07) is 7.88. The second-order valence-corrected chi connectivity index (χ2v) is 4.81. The zero-order valence-corrected chi connectivity index (χ0v) is 10.6. The third-order valence-electron chi connectivity index (χ3n) is 3.79. The lowest BCUT2D eigenvalue weighted by Gasteiger charge is -2.19. The molecule has 0 radical (unpaired) electrons. The maximum Gasteiger partial charge on any atom is 0.321 e. The van der Waals surface area contributed by atoms with Crippen LogP contribution in [0.4, 0.5) is 0 Å². The molecule has 1 aliphatic heterocycles. The van der Waals surface area contributed by atoms with E-state index >= 15 is 0 Å². The highest BCUT2D eigenvalue weighted by Gasteiger charge is 2.49. The Morgan fingerprint density at radius 3 is 2.26 bits per heavy atom. The Labute approximate surface area is 111 Å². The average Bonchev–Trinajstić information content (AvgIpc) is 2.79. The molecule has 4 atom stereocenters. The third-order valence-corrected chi connectivity index (χ3v) is 3.79. The van der Waals surface area contributed by atoms with Crippen molar-refractivity contribution in [1.82, 2.24) is 5.32 Å². The Kier molecular flexibility index (Phi) is 3.85. The third kappa shape index (κ3) is 2.46. The molecule has 0 bridgehead atoms. The monoisotopic (exact) mass is 263 g/mol. The van der Waals surface area contributed by atoms with Crippen LogP contribution in [0.5, 0.6) is 0 Å². The fourth-order valence-electron chi connectivity index (χ4n) is 2.91. The molecule has 5 nitrogen and oxygen atoms in total. The van der Waals surface area contributed by atoms with E-state index in [2.05, 4.69) is 5.32 Å². The maximum atomic E-state index is 11.5. The lowest BCUT2D eigenvalue weighted by atomic mass is 9.83. The van der Waals surface area contributed by atoms with Gasteiger partial charge in [0.1, 0.15) is 6.04 Å². The van der Waals surface area contributed by atoms with Crippen molar-refractivity contribution in [3.05, 3.63) is 35.9 Å². The second kappa shape index (κ2) is 5.40. The van der Waals surface area contributed by atoms with Gasteiger partial charge in [-0.1, -0.05) is 43.7 Å². The largest absolute Gasteiger partial charge is 0.481 e. The summed E-state index contributed by atoms with van der Waals surface area (Å²) < 4.78 is 0. The van der Waals surface area contributed by atoms with Gasteiger partial charge in [0.15, 0.2) is 0 Å². The van der Waals surface area contributed by atoms with Crippen molar-refractivity contribution in [3.8, 4) is 0 Å². The lowest BCUT2D eigenvalue weighted by Crippen LogP contribution is -2.36. The summed E-state index contributed by atoms with van der Waals surface area (Å²) in [5, 5.41) is 21.6. The molecule has 1 saturated heterocycles. The molecule has 1 aromatic carbocycles. The van der Waals surface area contributed by atoms with Crippen molar-refractivity contribution < 1.29 is 19.8 Å². The van der Waals surface area contributed by atoms with E-state index in [0.29, 0.717) is 6.42 Å². The molecule has 0 aliphatic carbocycles. The van der Waals surface area contributed by atoms with Crippen LogP contribution in [0, 0.1) is 11.8 Å². The number of carboxylic acids is 2. The Morgan fingerprint density at radius 2 is 1.79 bits per heavy atom. The first-order chi connectivity index (χ1) is 9.06. The van der Waals surface area contributed by atoms with Crippen LogP contribution in [0.15, 0.2) is 30.3 Å². The van der Waals surface area contributed by atoms with E-state index in [4.69, 9.17) is 0 Å². The van der Waals surface area contributed by atoms with Crippen LogP contribution in [-0.2, 0) is 9.59 Å². The normalized spacial score (nSPS) is 30.2. The zero-order valence-electron chi connectivity index (χ0n) is 10.6. The lowest BCUT2D eigenvalue weighted by molar-refractivity contribution is -0.144. The Balaban J connectivity index is 2.37. The molecule has 5 heteroatoms. The van der Waals surface area contributed by atoms with Crippen LogP contribution in [0.25, 0.3) is 0 Å². The van der Waals surface area contributed by atoms with E-state index in [1.54, 1.807) is 0 Å². The number of carboxylic acid groups (broad SMARTS) is 2. The predicted molar refractivity (Wildman–Crippen MR) is 68.6 cm³/mol. The summed E-state index contributed by atoms with van der Waals surface area (Å²) in [5.41, 5.74) is 0.817. The Hall–Kier alpha value is -1.88. The van der Waals surface area contributed by atoms with Gasteiger partial charge in [0.2, 0.25) is 0 Å². The summed E-state index contributed by atoms with van der Waals surface area (Å²) in [4.78, 5) is 22.8. The number of hydrogen-bond donors (Lipinski definition) is 3. The molecule has 0 saturated carbocycles. The summed E-state index contributed by atoms with van der Waals surface area (Å²) in [6.07, 6.45) is 0.518. The van der Waals surface area contributed by atoms with Crippen molar-refractivity contribution in [1.29, 1.82) is 0 Å². The first-order valence-electron chi connectivity index (χ1n) is 6.32. The highest BCUT2D eigenvalue weighted by atomic mass is 16.4. The van der Waals surface area contributed by atoms with E-state index in [9.17, 15) is 19.8 Å². The molecule has 0 amide bonds. The van der Waals surface area contributed by atoms with E-state index in [1.807, 2.05) is 37.3 Å². The second-order valence-electron chi connectivity index (χ2n) is 4.81. The summed E-state index contributed by atoms with van der Waals surface area (Å²) in [7, 11) is 0. The molecule has 3 N–H and O–H groups in total. The van der Waals surface area contributed by atoms with Crippen molar-refractivity contribution in [2.75, 3.05) is 0 Å². The minimum atomic E-state index is -0.989. The van der Waals surface area contributed by atoms with E-state index < -0.39 is 35.9 Å². The number of rotatable bonds is 4. The van der Waals surface area contributed by atoms with Crippen molar-refractivity contribution in [2.45, 2.75) is 25.4 Å². The number of nitrogens with one attached hydrogen (secondary N) is 1. The van der Waals surface area contributed by atoms with Gasteiger partial charge in [-0.2, -0.15) is 0 Å². The van der Waals surface area contributed by atoms with Gasteiger partial charge in [-0.05, 0) is 11.5 Å². The maximum absolute atomic E-state index is 11.5. The van der Waals surface area contributed by atoms with Crippen LogP contribution in [0.1, 0.15) is 24.9 Å². The van der Waals surface area contributed by atoms with Crippen molar-refractivity contribution in [2.24, 2.45) is 11.8 Å². The average molecular weight is 263 g/mol. The molecule has 1 aromatic rings. The summed E-state index contributed by atoms with van der Waals surface area (Å²) in [6.45, 7) is 1.82. The molecular weight excluding hydrogens is 246 g/mol. The van der Waals surface area contributed by atoms with Crippen molar-refractivity contribution >= 4 is 11.9 Å².